The molecule has 0 unspecified atom stereocenters. The third-order valence-corrected chi connectivity index (χ3v) is 4.22. The van der Waals surface area contributed by atoms with E-state index in [2.05, 4.69) is 10.4 Å². The van der Waals surface area contributed by atoms with Gasteiger partial charge in [-0.2, -0.15) is 5.10 Å². The van der Waals surface area contributed by atoms with Gasteiger partial charge in [0.2, 0.25) is 0 Å². The number of carbonyl (C=O) groups is 2. The first-order valence-corrected chi connectivity index (χ1v) is 9.67. The zero-order chi connectivity index (χ0) is 20.6. The van der Waals surface area contributed by atoms with Crippen LogP contribution in [0.25, 0.3) is 11.3 Å². The van der Waals surface area contributed by atoms with Crippen molar-refractivity contribution in [2.24, 2.45) is 0 Å². The molecule has 1 N–H and O–H groups in total. The number of aromatic nitrogens is 2. The Labute approximate surface area is 170 Å². The molecule has 1 aromatic heterocycles. The molecule has 29 heavy (non-hydrogen) atoms. The highest BCUT2D eigenvalue weighted by Gasteiger charge is 2.18. The predicted molar refractivity (Wildman–Crippen MR) is 111 cm³/mol. The molecular formula is C23H25N3O3. The summed E-state index contributed by atoms with van der Waals surface area (Å²) < 4.78 is 6.86. The van der Waals surface area contributed by atoms with Gasteiger partial charge in [-0.15, -0.1) is 0 Å². The number of benzene rings is 2. The molecule has 150 valence electrons. The fraction of sp³-hybridized carbons (Fsp3) is 0.261. The van der Waals surface area contributed by atoms with Gasteiger partial charge < -0.3 is 10.1 Å². The number of hydrogen-bond donors (Lipinski definition) is 1. The molecule has 0 aliphatic heterocycles. The van der Waals surface area contributed by atoms with E-state index in [1.54, 1.807) is 24.7 Å². The molecule has 1 amide bonds. The average molecular weight is 391 g/mol. The zero-order valence-corrected chi connectivity index (χ0v) is 16.7. The maximum atomic E-state index is 12.8. The van der Waals surface area contributed by atoms with Crippen molar-refractivity contribution in [3.8, 4) is 11.3 Å². The van der Waals surface area contributed by atoms with Crippen LogP contribution in [0.3, 0.4) is 0 Å². The van der Waals surface area contributed by atoms with Gasteiger partial charge in [-0.05, 0) is 19.4 Å². The Hall–Kier alpha value is -3.41. The lowest BCUT2D eigenvalue weighted by Crippen LogP contribution is -2.27. The summed E-state index contributed by atoms with van der Waals surface area (Å²) >= 11 is 0. The summed E-state index contributed by atoms with van der Waals surface area (Å²) in [4.78, 5) is 24.5. The van der Waals surface area contributed by atoms with Gasteiger partial charge in [0.15, 0.2) is 0 Å². The third-order valence-electron chi connectivity index (χ3n) is 4.22. The highest BCUT2D eigenvalue weighted by molar-refractivity contribution is 5.99. The van der Waals surface area contributed by atoms with Crippen LogP contribution in [0.2, 0.25) is 0 Å². The molecule has 0 radical (unpaired) electrons. The van der Waals surface area contributed by atoms with Crippen molar-refractivity contribution in [1.82, 2.24) is 15.1 Å². The molecule has 1 heterocycles. The van der Waals surface area contributed by atoms with Gasteiger partial charge in [-0.1, -0.05) is 60.7 Å². The van der Waals surface area contributed by atoms with E-state index < -0.39 is 0 Å². The van der Waals surface area contributed by atoms with Crippen LogP contribution in [0.1, 0.15) is 36.2 Å². The van der Waals surface area contributed by atoms with E-state index >= 15 is 0 Å². The second-order valence-corrected chi connectivity index (χ2v) is 6.99. The van der Waals surface area contributed by atoms with Crippen LogP contribution in [0, 0.1) is 0 Å². The molecule has 3 aromatic rings. The lowest BCUT2D eigenvalue weighted by atomic mass is 10.1. The van der Waals surface area contributed by atoms with Gasteiger partial charge in [0, 0.05) is 18.3 Å². The Morgan fingerprint density at radius 2 is 1.69 bits per heavy atom. The number of ether oxygens (including phenoxy) is 1. The van der Waals surface area contributed by atoms with Gasteiger partial charge in [-0.3, -0.25) is 14.3 Å². The Morgan fingerprint density at radius 1 is 1.03 bits per heavy atom. The zero-order valence-electron chi connectivity index (χ0n) is 16.7. The van der Waals surface area contributed by atoms with E-state index in [1.165, 1.54) is 0 Å². The largest absolute Gasteiger partial charge is 0.463 e. The van der Waals surface area contributed by atoms with Gasteiger partial charge in [-0.25, -0.2) is 0 Å². The number of hydrogen-bond acceptors (Lipinski definition) is 4. The summed E-state index contributed by atoms with van der Waals surface area (Å²) in [5, 5.41) is 7.44. The molecular weight excluding hydrogens is 366 g/mol. The lowest BCUT2D eigenvalue weighted by molar-refractivity contribution is -0.147. The van der Waals surface area contributed by atoms with Gasteiger partial charge >= 0.3 is 5.97 Å². The van der Waals surface area contributed by atoms with Crippen molar-refractivity contribution in [2.75, 3.05) is 6.54 Å². The molecule has 0 aliphatic carbocycles. The Balaban J connectivity index is 1.76. The van der Waals surface area contributed by atoms with Crippen molar-refractivity contribution in [3.05, 3.63) is 78.0 Å². The highest BCUT2D eigenvalue weighted by atomic mass is 16.5. The first-order valence-electron chi connectivity index (χ1n) is 9.67. The number of carbonyl (C=O) groups excluding carboxylic acids is 2. The number of amides is 1. The minimum absolute atomic E-state index is 0.128. The van der Waals surface area contributed by atoms with E-state index in [4.69, 9.17) is 4.74 Å². The minimum Gasteiger partial charge on any atom is -0.463 e. The van der Waals surface area contributed by atoms with Gasteiger partial charge in [0.25, 0.3) is 5.91 Å². The number of esters is 1. The molecule has 0 aliphatic rings. The first kappa shape index (κ1) is 20.3. The minimum atomic E-state index is -0.330. The van der Waals surface area contributed by atoms with Crippen LogP contribution in [0.5, 0.6) is 0 Å². The van der Waals surface area contributed by atoms with Crippen molar-refractivity contribution < 1.29 is 14.3 Å². The number of nitrogens with one attached hydrogen (secondary N) is 1. The number of rotatable bonds is 8. The summed E-state index contributed by atoms with van der Waals surface area (Å²) in [6.07, 6.45) is 1.71. The molecule has 0 saturated carbocycles. The summed E-state index contributed by atoms with van der Waals surface area (Å²) in [6.45, 7) is 4.37. The fourth-order valence-electron chi connectivity index (χ4n) is 2.94. The molecule has 0 atom stereocenters. The maximum absolute atomic E-state index is 12.8. The molecule has 3 rings (SSSR count). The van der Waals surface area contributed by atoms with Crippen LogP contribution in [-0.2, 0) is 16.1 Å². The predicted octanol–water partition coefficient (Wildman–Crippen LogP) is 3.67. The van der Waals surface area contributed by atoms with Crippen molar-refractivity contribution in [1.29, 1.82) is 0 Å². The van der Waals surface area contributed by atoms with E-state index in [-0.39, 0.29) is 30.9 Å². The third kappa shape index (κ3) is 5.78. The van der Waals surface area contributed by atoms with Crippen LogP contribution in [-0.4, -0.2) is 34.3 Å². The summed E-state index contributed by atoms with van der Waals surface area (Å²) in [5.74, 6) is -0.594. The van der Waals surface area contributed by atoms with E-state index in [0.29, 0.717) is 17.8 Å². The first-order chi connectivity index (χ1) is 14.0. The molecule has 2 aromatic carbocycles. The summed E-state index contributed by atoms with van der Waals surface area (Å²) in [5.41, 5.74) is 3.05. The smallest absolute Gasteiger partial charge is 0.307 e. The Bertz CT molecular complexity index is 950. The van der Waals surface area contributed by atoms with E-state index in [9.17, 15) is 9.59 Å². The second kappa shape index (κ2) is 9.68. The van der Waals surface area contributed by atoms with Crippen LogP contribution < -0.4 is 5.32 Å². The molecule has 0 spiro atoms. The SMILES string of the molecule is CC(C)OC(=O)CCNC(=O)c1cn(Cc2ccccc2)nc1-c1ccccc1. The Morgan fingerprint density at radius 3 is 2.34 bits per heavy atom. The van der Waals surface area contributed by atoms with Crippen molar-refractivity contribution in [2.45, 2.75) is 32.9 Å². The van der Waals surface area contributed by atoms with Crippen LogP contribution in [0.4, 0.5) is 0 Å². The molecule has 0 fully saturated rings. The average Bonchev–Trinajstić information content (AvgIpc) is 3.12. The standard InChI is InChI=1S/C23H25N3O3/c1-17(2)29-21(27)13-14-24-23(28)20-16-26(15-18-9-5-3-6-10-18)25-22(20)19-11-7-4-8-12-19/h3-12,16-17H,13-15H2,1-2H3,(H,24,28). The van der Waals surface area contributed by atoms with Crippen LogP contribution in [0.15, 0.2) is 66.9 Å². The summed E-state index contributed by atoms with van der Waals surface area (Å²) in [7, 11) is 0. The Kier molecular flexibility index (Phi) is 6.79. The molecule has 0 bridgehead atoms. The van der Waals surface area contributed by atoms with Crippen LogP contribution >= 0.6 is 0 Å². The van der Waals surface area contributed by atoms with E-state index in [0.717, 1.165) is 11.1 Å². The lowest BCUT2D eigenvalue weighted by Gasteiger charge is -2.08. The van der Waals surface area contributed by atoms with Crippen molar-refractivity contribution in [3.63, 3.8) is 0 Å². The van der Waals surface area contributed by atoms with Gasteiger partial charge in [0.1, 0.15) is 5.69 Å². The number of nitrogens with zero attached hydrogens (tertiary/aromatic N) is 2. The normalized spacial score (nSPS) is 10.7. The monoisotopic (exact) mass is 391 g/mol. The topological polar surface area (TPSA) is 73.2 Å². The highest BCUT2D eigenvalue weighted by Crippen LogP contribution is 2.22. The molecule has 6 heteroatoms. The molecule has 0 saturated heterocycles. The molecule has 6 nitrogen and oxygen atoms in total. The maximum Gasteiger partial charge on any atom is 0.307 e. The van der Waals surface area contributed by atoms with Crippen molar-refractivity contribution >= 4 is 11.9 Å². The fourth-order valence-corrected chi connectivity index (χ4v) is 2.94. The quantitative estimate of drug-likeness (QED) is 0.595. The second-order valence-electron chi connectivity index (χ2n) is 6.99. The summed E-state index contributed by atoms with van der Waals surface area (Å²) in [6, 6.07) is 19.5. The van der Waals surface area contributed by atoms with Gasteiger partial charge in [0.05, 0.1) is 24.6 Å². The van der Waals surface area contributed by atoms with E-state index in [1.807, 2.05) is 60.7 Å².